The molecule has 100 valence electrons. The standard InChI is InChI=1S/C12H24N2O2S/c1-17-8-5-11(13)12(15)14-6-2-7-16-9-10-3-4-10/h10-11H,2-9,13H2,1H3,(H,14,15)/t11-/m1/s1. The largest absolute Gasteiger partial charge is 0.381 e. The van der Waals surface area contributed by atoms with Crippen molar-refractivity contribution in [2.75, 3.05) is 31.8 Å². The summed E-state index contributed by atoms with van der Waals surface area (Å²) < 4.78 is 5.48. The van der Waals surface area contributed by atoms with E-state index < -0.39 is 0 Å². The lowest BCUT2D eigenvalue weighted by atomic mass is 10.2. The van der Waals surface area contributed by atoms with E-state index in [1.165, 1.54) is 12.8 Å². The summed E-state index contributed by atoms with van der Waals surface area (Å²) >= 11 is 1.71. The topological polar surface area (TPSA) is 64.4 Å². The molecule has 3 N–H and O–H groups in total. The van der Waals surface area contributed by atoms with Crippen LogP contribution in [0.5, 0.6) is 0 Å². The Hall–Kier alpha value is -0.260. The summed E-state index contributed by atoms with van der Waals surface area (Å²) in [5.41, 5.74) is 5.74. The first-order chi connectivity index (χ1) is 8.24. The van der Waals surface area contributed by atoms with E-state index in [4.69, 9.17) is 10.5 Å². The van der Waals surface area contributed by atoms with Crippen LogP contribution in [0.2, 0.25) is 0 Å². The first-order valence-corrected chi connectivity index (χ1v) is 7.73. The van der Waals surface area contributed by atoms with Gasteiger partial charge in [-0.15, -0.1) is 0 Å². The van der Waals surface area contributed by atoms with Gasteiger partial charge in [-0.2, -0.15) is 11.8 Å². The third kappa shape index (κ3) is 7.63. The van der Waals surface area contributed by atoms with Crippen LogP contribution in [-0.2, 0) is 9.53 Å². The number of amides is 1. The molecule has 1 fully saturated rings. The van der Waals surface area contributed by atoms with E-state index in [0.29, 0.717) is 6.54 Å². The Kier molecular flexibility index (Phi) is 7.64. The van der Waals surface area contributed by atoms with Gasteiger partial charge in [-0.05, 0) is 43.6 Å². The van der Waals surface area contributed by atoms with Gasteiger partial charge in [-0.1, -0.05) is 0 Å². The zero-order valence-corrected chi connectivity index (χ0v) is 11.4. The fourth-order valence-electron chi connectivity index (χ4n) is 1.43. The third-order valence-corrected chi connectivity index (χ3v) is 3.43. The number of ether oxygens (including phenoxy) is 1. The predicted molar refractivity (Wildman–Crippen MR) is 72.1 cm³/mol. The fourth-order valence-corrected chi connectivity index (χ4v) is 1.92. The first-order valence-electron chi connectivity index (χ1n) is 6.34. The quantitative estimate of drug-likeness (QED) is 0.575. The highest BCUT2D eigenvalue weighted by Crippen LogP contribution is 2.28. The molecule has 0 radical (unpaired) electrons. The molecule has 0 bridgehead atoms. The summed E-state index contributed by atoms with van der Waals surface area (Å²) in [6, 6.07) is -0.366. The number of hydrogen-bond donors (Lipinski definition) is 2. The molecular weight excluding hydrogens is 236 g/mol. The molecule has 0 heterocycles. The highest BCUT2D eigenvalue weighted by atomic mass is 32.2. The van der Waals surface area contributed by atoms with Crippen LogP contribution in [-0.4, -0.2) is 43.7 Å². The Labute approximate surface area is 108 Å². The van der Waals surface area contributed by atoms with Crippen LogP contribution in [0, 0.1) is 5.92 Å². The molecule has 0 aromatic rings. The van der Waals surface area contributed by atoms with Gasteiger partial charge in [0.25, 0.3) is 0 Å². The van der Waals surface area contributed by atoms with Crippen LogP contribution in [0.15, 0.2) is 0 Å². The van der Waals surface area contributed by atoms with E-state index in [1.54, 1.807) is 11.8 Å². The number of nitrogens with one attached hydrogen (secondary N) is 1. The smallest absolute Gasteiger partial charge is 0.236 e. The van der Waals surface area contributed by atoms with Crippen LogP contribution in [0.25, 0.3) is 0 Å². The van der Waals surface area contributed by atoms with Crippen LogP contribution in [0.4, 0.5) is 0 Å². The molecule has 1 rings (SSSR count). The average molecular weight is 260 g/mol. The lowest BCUT2D eigenvalue weighted by molar-refractivity contribution is -0.122. The highest BCUT2D eigenvalue weighted by Gasteiger charge is 2.20. The van der Waals surface area contributed by atoms with Gasteiger partial charge in [0.15, 0.2) is 0 Å². The lowest BCUT2D eigenvalue weighted by Gasteiger charge is -2.11. The van der Waals surface area contributed by atoms with Gasteiger partial charge < -0.3 is 15.8 Å². The van der Waals surface area contributed by atoms with Crippen molar-refractivity contribution in [3.8, 4) is 0 Å². The Bertz CT molecular complexity index is 223. The molecule has 17 heavy (non-hydrogen) atoms. The van der Waals surface area contributed by atoms with Gasteiger partial charge in [0.1, 0.15) is 0 Å². The number of rotatable bonds is 10. The Balaban J connectivity index is 1.87. The molecule has 0 aromatic carbocycles. The van der Waals surface area contributed by atoms with Gasteiger partial charge in [0, 0.05) is 19.8 Å². The zero-order chi connectivity index (χ0) is 12.5. The molecule has 4 nitrogen and oxygen atoms in total. The number of thioether (sulfide) groups is 1. The van der Waals surface area contributed by atoms with Gasteiger partial charge in [0.05, 0.1) is 6.04 Å². The first kappa shape index (κ1) is 14.8. The van der Waals surface area contributed by atoms with Crippen molar-refractivity contribution < 1.29 is 9.53 Å². The molecule has 0 aromatic heterocycles. The number of nitrogens with two attached hydrogens (primary N) is 1. The molecule has 0 unspecified atom stereocenters. The minimum absolute atomic E-state index is 0.0405. The van der Waals surface area contributed by atoms with Crippen LogP contribution in [0.3, 0.4) is 0 Å². The fraction of sp³-hybridized carbons (Fsp3) is 0.917. The summed E-state index contributed by atoms with van der Waals surface area (Å²) in [5.74, 6) is 1.70. The minimum Gasteiger partial charge on any atom is -0.381 e. The molecular formula is C12H24N2O2S. The van der Waals surface area contributed by atoms with E-state index in [1.807, 2.05) is 6.26 Å². The van der Waals surface area contributed by atoms with E-state index in [0.717, 1.165) is 37.7 Å². The predicted octanol–water partition coefficient (Wildman–Crippen LogP) is 1.000. The second-order valence-corrected chi connectivity index (χ2v) is 5.54. The van der Waals surface area contributed by atoms with Crippen LogP contribution in [0.1, 0.15) is 25.7 Å². The second kappa shape index (κ2) is 8.78. The molecule has 1 aliphatic carbocycles. The molecule has 0 aliphatic heterocycles. The summed E-state index contributed by atoms with van der Waals surface area (Å²) in [6.07, 6.45) is 6.27. The van der Waals surface area contributed by atoms with Gasteiger partial charge in [-0.25, -0.2) is 0 Å². The summed E-state index contributed by atoms with van der Waals surface area (Å²) in [4.78, 5) is 11.5. The van der Waals surface area contributed by atoms with Crippen LogP contribution < -0.4 is 11.1 Å². The molecule has 0 spiro atoms. The molecule has 1 aliphatic rings. The Morgan fingerprint density at radius 1 is 1.59 bits per heavy atom. The van der Waals surface area contributed by atoms with Gasteiger partial charge in [0.2, 0.25) is 5.91 Å². The van der Waals surface area contributed by atoms with Crippen molar-refractivity contribution in [2.45, 2.75) is 31.7 Å². The molecule has 1 saturated carbocycles. The normalized spacial score (nSPS) is 16.8. The number of carbonyl (C=O) groups is 1. The van der Waals surface area contributed by atoms with E-state index >= 15 is 0 Å². The van der Waals surface area contributed by atoms with Crippen molar-refractivity contribution >= 4 is 17.7 Å². The SMILES string of the molecule is CSCC[C@@H](N)C(=O)NCCCOCC1CC1. The van der Waals surface area contributed by atoms with Crippen molar-refractivity contribution in [1.29, 1.82) is 0 Å². The van der Waals surface area contributed by atoms with Gasteiger partial charge in [-0.3, -0.25) is 4.79 Å². The molecule has 1 amide bonds. The molecule has 5 heteroatoms. The summed E-state index contributed by atoms with van der Waals surface area (Å²) in [6.45, 7) is 2.29. The Morgan fingerprint density at radius 2 is 2.35 bits per heavy atom. The average Bonchev–Trinajstić information content (AvgIpc) is 3.14. The lowest BCUT2D eigenvalue weighted by Crippen LogP contribution is -2.41. The van der Waals surface area contributed by atoms with E-state index in [9.17, 15) is 4.79 Å². The third-order valence-electron chi connectivity index (χ3n) is 2.78. The molecule has 1 atom stereocenters. The maximum Gasteiger partial charge on any atom is 0.236 e. The maximum atomic E-state index is 11.5. The van der Waals surface area contributed by atoms with E-state index in [2.05, 4.69) is 5.32 Å². The minimum atomic E-state index is -0.366. The number of carbonyl (C=O) groups excluding carboxylic acids is 1. The number of hydrogen-bond acceptors (Lipinski definition) is 4. The second-order valence-electron chi connectivity index (χ2n) is 4.55. The highest BCUT2D eigenvalue weighted by molar-refractivity contribution is 7.98. The summed E-state index contributed by atoms with van der Waals surface area (Å²) in [7, 11) is 0. The monoisotopic (exact) mass is 260 g/mol. The van der Waals surface area contributed by atoms with Crippen molar-refractivity contribution in [3.63, 3.8) is 0 Å². The van der Waals surface area contributed by atoms with Crippen molar-refractivity contribution in [1.82, 2.24) is 5.32 Å². The van der Waals surface area contributed by atoms with Crippen molar-refractivity contribution in [2.24, 2.45) is 11.7 Å². The maximum absolute atomic E-state index is 11.5. The van der Waals surface area contributed by atoms with Gasteiger partial charge >= 0.3 is 0 Å². The Morgan fingerprint density at radius 3 is 3.00 bits per heavy atom. The molecule has 0 saturated heterocycles. The van der Waals surface area contributed by atoms with Crippen LogP contribution >= 0.6 is 11.8 Å². The zero-order valence-electron chi connectivity index (χ0n) is 10.6. The van der Waals surface area contributed by atoms with Crippen molar-refractivity contribution in [3.05, 3.63) is 0 Å². The van der Waals surface area contributed by atoms with E-state index in [-0.39, 0.29) is 11.9 Å². The summed E-state index contributed by atoms with van der Waals surface area (Å²) in [5, 5.41) is 2.84.